The number of anilines is 1. The van der Waals surface area contributed by atoms with E-state index in [1.54, 1.807) is 18.2 Å². The van der Waals surface area contributed by atoms with E-state index in [1.165, 1.54) is 17.2 Å². The van der Waals surface area contributed by atoms with Gasteiger partial charge in [0.05, 0.1) is 10.6 Å². The second-order valence-corrected chi connectivity index (χ2v) is 9.50. The molecule has 28 heavy (non-hydrogen) atoms. The second kappa shape index (κ2) is 9.85. The fourth-order valence-electron chi connectivity index (χ4n) is 3.32. The van der Waals surface area contributed by atoms with Crippen LogP contribution >= 0.6 is 0 Å². The normalized spacial score (nSPS) is 12.8. The molecule has 1 amide bonds. The molecule has 0 aliphatic heterocycles. The van der Waals surface area contributed by atoms with E-state index in [2.05, 4.69) is 50.4 Å². The molecule has 0 unspecified atom stereocenters. The lowest BCUT2D eigenvalue weighted by molar-refractivity contribution is -0.692. The Morgan fingerprint density at radius 2 is 1.71 bits per heavy atom. The lowest BCUT2D eigenvalue weighted by Gasteiger charge is -2.20. The Bertz CT molecular complexity index is 890. The summed E-state index contributed by atoms with van der Waals surface area (Å²) in [5.74, 6) is 0.137. The maximum atomic E-state index is 12.5. The highest BCUT2D eigenvalue weighted by Gasteiger charge is 2.21. The van der Waals surface area contributed by atoms with Gasteiger partial charge in [0, 0.05) is 17.7 Å². The molecular formula is C22H31N2O3S+. The molecule has 0 saturated heterocycles. The molecule has 2 aromatic carbocycles. The molecule has 3 N–H and O–H groups in total. The highest BCUT2D eigenvalue weighted by Crippen LogP contribution is 2.21. The van der Waals surface area contributed by atoms with Gasteiger partial charge in [-0.3, -0.25) is 4.79 Å². The van der Waals surface area contributed by atoms with Crippen molar-refractivity contribution < 1.29 is 18.5 Å². The molecule has 0 saturated carbocycles. The van der Waals surface area contributed by atoms with Crippen molar-refractivity contribution in [2.45, 2.75) is 44.6 Å². The summed E-state index contributed by atoms with van der Waals surface area (Å²) in [6.45, 7) is 6.66. The van der Waals surface area contributed by atoms with Crippen LogP contribution in [0.2, 0.25) is 0 Å². The average molecular weight is 404 g/mol. The predicted molar refractivity (Wildman–Crippen MR) is 113 cm³/mol. The minimum atomic E-state index is -3.40. The van der Waals surface area contributed by atoms with Gasteiger partial charge in [-0.15, -0.1) is 0 Å². The van der Waals surface area contributed by atoms with Crippen LogP contribution in [0.3, 0.4) is 0 Å². The number of carbonyl (C=O) groups excluding carboxylic acids is 1. The largest absolute Gasteiger partial charge is 0.332 e. The number of quaternary nitrogens is 1. The van der Waals surface area contributed by atoms with Crippen molar-refractivity contribution in [1.29, 1.82) is 0 Å². The number of rotatable bonds is 9. The first-order chi connectivity index (χ1) is 13.2. The van der Waals surface area contributed by atoms with Gasteiger partial charge in [-0.05, 0) is 24.1 Å². The zero-order valence-electron chi connectivity index (χ0n) is 17.1. The van der Waals surface area contributed by atoms with Crippen molar-refractivity contribution in [1.82, 2.24) is 0 Å². The van der Waals surface area contributed by atoms with Gasteiger partial charge in [-0.2, -0.15) is 0 Å². The average Bonchev–Trinajstić information content (AvgIpc) is 2.63. The topological polar surface area (TPSA) is 79.8 Å². The Labute approximate surface area is 168 Å². The summed E-state index contributed by atoms with van der Waals surface area (Å²) in [5, 5.41) is 4.75. The van der Waals surface area contributed by atoms with E-state index in [-0.39, 0.29) is 23.4 Å². The lowest BCUT2D eigenvalue weighted by atomic mass is 9.94. The maximum absolute atomic E-state index is 12.5. The van der Waals surface area contributed by atoms with Crippen LogP contribution < -0.4 is 10.6 Å². The predicted octanol–water partition coefficient (Wildman–Crippen LogP) is 2.94. The SMILES string of the molecule is CCCc1ccc([C@@H]([NH2+]CC(=O)Nc2ccccc2S(C)(=O)=O)C(C)C)cc1. The van der Waals surface area contributed by atoms with Gasteiger partial charge in [0.1, 0.15) is 6.04 Å². The van der Waals surface area contributed by atoms with Crippen LogP contribution in [0.4, 0.5) is 5.69 Å². The standard InChI is InChI=1S/C22H30N2O3S/c1-5-8-17-11-13-18(14-12-17)22(16(2)3)23-15-21(25)24-19-9-6-7-10-20(19)28(4,26)27/h6-7,9-14,16,22-23H,5,8,15H2,1-4H3,(H,24,25)/p+1/t22-/m0/s1. The zero-order valence-corrected chi connectivity index (χ0v) is 17.9. The van der Waals surface area contributed by atoms with Crippen molar-refractivity contribution in [3.8, 4) is 0 Å². The number of para-hydroxylation sites is 1. The molecule has 0 fully saturated rings. The fourth-order valence-corrected chi connectivity index (χ4v) is 4.16. The van der Waals surface area contributed by atoms with Crippen LogP contribution in [0.1, 0.15) is 44.4 Å². The minimum absolute atomic E-state index is 0.135. The molecule has 0 radical (unpaired) electrons. The smallest absolute Gasteiger partial charge is 0.279 e. The van der Waals surface area contributed by atoms with E-state index in [0.717, 1.165) is 19.1 Å². The molecule has 0 aromatic heterocycles. The van der Waals surface area contributed by atoms with E-state index in [0.29, 0.717) is 11.6 Å². The van der Waals surface area contributed by atoms with E-state index < -0.39 is 9.84 Å². The number of benzene rings is 2. The first kappa shape index (κ1) is 22.1. The van der Waals surface area contributed by atoms with Crippen molar-refractivity contribution in [2.24, 2.45) is 5.92 Å². The first-order valence-electron chi connectivity index (χ1n) is 9.73. The fraction of sp³-hybridized carbons (Fsp3) is 0.409. The number of carbonyl (C=O) groups is 1. The summed E-state index contributed by atoms with van der Waals surface area (Å²) in [4.78, 5) is 12.6. The molecule has 152 valence electrons. The van der Waals surface area contributed by atoms with Crippen molar-refractivity contribution in [3.63, 3.8) is 0 Å². The van der Waals surface area contributed by atoms with Crippen LogP contribution in [-0.4, -0.2) is 27.1 Å². The van der Waals surface area contributed by atoms with Crippen LogP contribution in [0, 0.1) is 5.92 Å². The van der Waals surface area contributed by atoms with Gasteiger partial charge < -0.3 is 10.6 Å². The van der Waals surface area contributed by atoms with E-state index in [9.17, 15) is 13.2 Å². The third kappa shape index (κ3) is 6.17. The maximum Gasteiger partial charge on any atom is 0.279 e. The Morgan fingerprint density at radius 1 is 1.07 bits per heavy atom. The monoisotopic (exact) mass is 403 g/mol. The van der Waals surface area contributed by atoms with Crippen LogP contribution in [0.15, 0.2) is 53.4 Å². The number of nitrogens with one attached hydrogen (secondary N) is 1. The molecule has 0 aliphatic rings. The molecular weight excluding hydrogens is 372 g/mol. The molecule has 0 spiro atoms. The van der Waals surface area contributed by atoms with Crippen molar-refractivity contribution >= 4 is 21.4 Å². The van der Waals surface area contributed by atoms with E-state index in [1.807, 2.05) is 5.32 Å². The molecule has 0 aliphatic carbocycles. The Morgan fingerprint density at radius 3 is 2.29 bits per heavy atom. The van der Waals surface area contributed by atoms with Crippen LogP contribution in [-0.2, 0) is 21.1 Å². The number of amides is 1. The third-order valence-electron chi connectivity index (χ3n) is 4.74. The summed E-state index contributed by atoms with van der Waals surface area (Å²) in [7, 11) is -3.40. The quantitative estimate of drug-likeness (QED) is 0.676. The van der Waals surface area contributed by atoms with Crippen LogP contribution in [0.25, 0.3) is 0 Å². The molecule has 6 heteroatoms. The van der Waals surface area contributed by atoms with E-state index >= 15 is 0 Å². The molecule has 5 nitrogen and oxygen atoms in total. The van der Waals surface area contributed by atoms with Gasteiger partial charge in [0.15, 0.2) is 16.4 Å². The summed E-state index contributed by atoms with van der Waals surface area (Å²) >= 11 is 0. The summed E-state index contributed by atoms with van der Waals surface area (Å²) < 4.78 is 23.8. The van der Waals surface area contributed by atoms with Gasteiger partial charge >= 0.3 is 0 Å². The number of nitrogens with two attached hydrogens (primary N) is 1. The zero-order chi connectivity index (χ0) is 20.7. The van der Waals surface area contributed by atoms with Gasteiger partial charge in [-0.1, -0.05) is 63.6 Å². The number of hydrogen-bond acceptors (Lipinski definition) is 3. The van der Waals surface area contributed by atoms with Crippen LogP contribution in [0.5, 0.6) is 0 Å². The van der Waals surface area contributed by atoms with Gasteiger partial charge in [0.25, 0.3) is 5.91 Å². The number of aryl methyl sites for hydroxylation is 1. The minimum Gasteiger partial charge on any atom is -0.332 e. The third-order valence-corrected chi connectivity index (χ3v) is 5.89. The molecule has 1 atom stereocenters. The molecule has 2 aromatic rings. The molecule has 0 heterocycles. The lowest BCUT2D eigenvalue weighted by Crippen LogP contribution is -2.88. The highest BCUT2D eigenvalue weighted by atomic mass is 32.2. The number of sulfone groups is 1. The van der Waals surface area contributed by atoms with Crippen molar-refractivity contribution in [2.75, 3.05) is 18.1 Å². The summed E-state index contributed by atoms with van der Waals surface area (Å²) in [6.07, 6.45) is 3.33. The summed E-state index contributed by atoms with van der Waals surface area (Å²) in [6, 6.07) is 15.2. The Kier molecular flexibility index (Phi) is 7.78. The Balaban J connectivity index is 2.05. The molecule has 2 rings (SSSR count). The van der Waals surface area contributed by atoms with Gasteiger partial charge in [0.2, 0.25) is 0 Å². The first-order valence-corrected chi connectivity index (χ1v) is 11.6. The molecule has 0 bridgehead atoms. The Hall–Kier alpha value is -2.18. The highest BCUT2D eigenvalue weighted by molar-refractivity contribution is 7.90. The van der Waals surface area contributed by atoms with E-state index in [4.69, 9.17) is 0 Å². The number of hydrogen-bond donors (Lipinski definition) is 2. The second-order valence-electron chi connectivity index (χ2n) is 7.52. The summed E-state index contributed by atoms with van der Waals surface area (Å²) in [5.41, 5.74) is 2.84. The van der Waals surface area contributed by atoms with Crippen molar-refractivity contribution in [3.05, 3.63) is 59.7 Å². The van der Waals surface area contributed by atoms with Gasteiger partial charge in [-0.25, -0.2) is 8.42 Å².